The molecular formula is C19H17N5O2. The number of nitrogens with one attached hydrogen (secondary N) is 1. The minimum atomic E-state index is -0.238. The Labute approximate surface area is 149 Å². The third kappa shape index (κ3) is 3.19. The number of pyridine rings is 1. The van der Waals surface area contributed by atoms with E-state index < -0.39 is 0 Å². The van der Waals surface area contributed by atoms with E-state index in [1.54, 1.807) is 23.2 Å². The molecule has 0 aromatic carbocycles. The Morgan fingerprint density at radius 3 is 2.92 bits per heavy atom. The summed E-state index contributed by atoms with van der Waals surface area (Å²) in [4.78, 5) is 25.3. The molecular weight excluding hydrogens is 330 g/mol. The molecule has 130 valence electrons. The molecule has 0 radical (unpaired) electrons. The van der Waals surface area contributed by atoms with Crippen LogP contribution in [-0.2, 0) is 6.42 Å². The van der Waals surface area contributed by atoms with Crippen LogP contribution in [0.15, 0.2) is 59.7 Å². The van der Waals surface area contributed by atoms with Gasteiger partial charge in [-0.1, -0.05) is 0 Å². The molecule has 26 heavy (non-hydrogen) atoms. The molecule has 0 bridgehead atoms. The summed E-state index contributed by atoms with van der Waals surface area (Å²) >= 11 is 0. The molecule has 0 atom stereocenters. The summed E-state index contributed by atoms with van der Waals surface area (Å²) in [6.45, 7) is 2.35. The maximum atomic E-state index is 12.4. The Morgan fingerprint density at radius 2 is 2.15 bits per heavy atom. The molecule has 7 heteroatoms. The van der Waals surface area contributed by atoms with Gasteiger partial charge in [0.15, 0.2) is 11.3 Å². The monoisotopic (exact) mass is 347 g/mol. The highest BCUT2D eigenvalue weighted by molar-refractivity contribution is 5.97. The number of aryl methyl sites for hydroxylation is 1. The van der Waals surface area contributed by atoms with Crippen molar-refractivity contribution in [2.75, 3.05) is 6.54 Å². The predicted octanol–water partition coefficient (Wildman–Crippen LogP) is 2.67. The van der Waals surface area contributed by atoms with Crippen molar-refractivity contribution in [3.05, 3.63) is 72.4 Å². The van der Waals surface area contributed by atoms with Gasteiger partial charge >= 0.3 is 0 Å². The van der Waals surface area contributed by atoms with Crippen LogP contribution in [0.25, 0.3) is 17.0 Å². The number of fused-ring (bicyclic) bond motifs is 1. The Hall–Kier alpha value is -3.48. The highest BCUT2D eigenvalue weighted by atomic mass is 16.3. The van der Waals surface area contributed by atoms with E-state index in [2.05, 4.69) is 20.3 Å². The maximum absolute atomic E-state index is 12.4. The maximum Gasteiger partial charge on any atom is 0.273 e. The lowest BCUT2D eigenvalue weighted by atomic mass is 10.2. The van der Waals surface area contributed by atoms with Crippen LogP contribution in [0.4, 0.5) is 0 Å². The predicted molar refractivity (Wildman–Crippen MR) is 95.7 cm³/mol. The average molecular weight is 347 g/mol. The summed E-state index contributed by atoms with van der Waals surface area (Å²) in [5.41, 5.74) is 3.55. The number of imidazole rings is 1. The summed E-state index contributed by atoms with van der Waals surface area (Å²) < 4.78 is 7.08. The molecule has 0 unspecified atom stereocenters. The largest absolute Gasteiger partial charge is 0.464 e. The molecule has 0 aliphatic rings. The van der Waals surface area contributed by atoms with Crippen LogP contribution in [0.1, 0.15) is 21.9 Å². The summed E-state index contributed by atoms with van der Waals surface area (Å²) in [5.74, 6) is 0.546. The molecule has 4 aromatic heterocycles. The van der Waals surface area contributed by atoms with Crippen LogP contribution in [0.5, 0.6) is 0 Å². The van der Waals surface area contributed by atoms with Gasteiger partial charge in [0.1, 0.15) is 12.1 Å². The smallest absolute Gasteiger partial charge is 0.273 e. The van der Waals surface area contributed by atoms with E-state index >= 15 is 0 Å². The first-order valence-corrected chi connectivity index (χ1v) is 8.28. The molecule has 1 amide bonds. The second-order valence-electron chi connectivity index (χ2n) is 5.91. The molecule has 4 heterocycles. The lowest BCUT2D eigenvalue weighted by molar-refractivity contribution is 0.0951. The van der Waals surface area contributed by atoms with Crippen molar-refractivity contribution in [3.63, 3.8) is 0 Å². The van der Waals surface area contributed by atoms with Crippen LogP contribution in [0.2, 0.25) is 0 Å². The van der Waals surface area contributed by atoms with Crippen molar-refractivity contribution in [1.29, 1.82) is 0 Å². The van der Waals surface area contributed by atoms with Gasteiger partial charge in [0, 0.05) is 42.3 Å². The second kappa shape index (κ2) is 6.79. The van der Waals surface area contributed by atoms with Crippen LogP contribution in [0.3, 0.4) is 0 Å². The summed E-state index contributed by atoms with van der Waals surface area (Å²) in [6, 6.07) is 9.49. The van der Waals surface area contributed by atoms with Gasteiger partial charge in [-0.2, -0.15) is 0 Å². The van der Waals surface area contributed by atoms with Gasteiger partial charge in [-0.3, -0.25) is 14.2 Å². The number of carbonyl (C=O) groups excluding carboxylic acids is 1. The van der Waals surface area contributed by atoms with E-state index in [4.69, 9.17) is 4.42 Å². The Balaban J connectivity index is 1.38. The highest BCUT2D eigenvalue weighted by Gasteiger charge is 2.14. The standard InChI is InChI=1S/C19H17N5O2/c1-13-7-9-24-12-22-17(18(24)23-13)19(25)20-8-6-15-5-4-14(11-21-15)16-3-2-10-26-16/h2-5,7,9-12H,6,8H2,1H3,(H,20,25). The van der Waals surface area contributed by atoms with Crippen LogP contribution in [-0.4, -0.2) is 31.8 Å². The Morgan fingerprint density at radius 1 is 1.23 bits per heavy atom. The Bertz CT molecular complexity index is 1040. The van der Waals surface area contributed by atoms with Crippen LogP contribution < -0.4 is 5.32 Å². The molecule has 1 N–H and O–H groups in total. The number of rotatable bonds is 5. The summed E-state index contributed by atoms with van der Waals surface area (Å²) in [7, 11) is 0. The number of hydrogen-bond acceptors (Lipinski definition) is 5. The van der Waals surface area contributed by atoms with Crippen molar-refractivity contribution >= 4 is 11.6 Å². The first-order chi connectivity index (χ1) is 12.7. The van der Waals surface area contributed by atoms with Gasteiger partial charge in [-0.15, -0.1) is 0 Å². The fourth-order valence-corrected chi connectivity index (χ4v) is 2.68. The molecule has 7 nitrogen and oxygen atoms in total. The fraction of sp³-hybridized carbons (Fsp3) is 0.158. The fourth-order valence-electron chi connectivity index (χ4n) is 2.68. The molecule has 4 aromatic rings. The molecule has 0 fully saturated rings. The van der Waals surface area contributed by atoms with E-state index in [1.807, 2.05) is 43.5 Å². The van der Waals surface area contributed by atoms with Gasteiger partial charge in [-0.05, 0) is 37.3 Å². The van der Waals surface area contributed by atoms with Gasteiger partial charge < -0.3 is 9.73 Å². The Kier molecular flexibility index (Phi) is 4.18. The molecule has 0 aliphatic carbocycles. The third-order valence-electron chi connectivity index (χ3n) is 4.04. The average Bonchev–Trinajstić information content (AvgIpc) is 3.32. The second-order valence-corrected chi connectivity index (χ2v) is 5.91. The number of nitrogens with zero attached hydrogens (tertiary/aromatic N) is 4. The van der Waals surface area contributed by atoms with Gasteiger partial charge in [0.25, 0.3) is 5.91 Å². The van der Waals surface area contributed by atoms with Crippen molar-refractivity contribution in [1.82, 2.24) is 24.7 Å². The number of aromatic nitrogens is 4. The number of carbonyl (C=O) groups is 1. The molecule has 0 aliphatic heterocycles. The quantitative estimate of drug-likeness (QED) is 0.600. The molecule has 0 spiro atoms. The molecule has 0 saturated carbocycles. The highest BCUT2D eigenvalue weighted by Crippen LogP contribution is 2.18. The minimum absolute atomic E-state index is 0.238. The lowest BCUT2D eigenvalue weighted by Gasteiger charge is -2.04. The van der Waals surface area contributed by atoms with E-state index in [9.17, 15) is 4.79 Å². The van der Waals surface area contributed by atoms with E-state index in [-0.39, 0.29) is 5.91 Å². The van der Waals surface area contributed by atoms with Gasteiger partial charge in [-0.25, -0.2) is 9.97 Å². The first kappa shape index (κ1) is 16.0. The topological polar surface area (TPSA) is 85.3 Å². The van der Waals surface area contributed by atoms with Crippen LogP contribution >= 0.6 is 0 Å². The number of hydrogen-bond donors (Lipinski definition) is 1. The zero-order chi connectivity index (χ0) is 17.9. The van der Waals surface area contributed by atoms with E-state index in [0.29, 0.717) is 24.3 Å². The lowest BCUT2D eigenvalue weighted by Crippen LogP contribution is -2.26. The third-order valence-corrected chi connectivity index (χ3v) is 4.04. The molecule has 0 saturated heterocycles. The SMILES string of the molecule is Cc1ccn2cnc(C(=O)NCCc3ccc(-c4ccco4)cn3)c2n1. The number of amides is 1. The van der Waals surface area contributed by atoms with Crippen LogP contribution in [0, 0.1) is 6.92 Å². The minimum Gasteiger partial charge on any atom is -0.464 e. The van der Waals surface area contributed by atoms with Gasteiger partial charge in [0.2, 0.25) is 0 Å². The summed E-state index contributed by atoms with van der Waals surface area (Å²) in [6.07, 6.45) is 7.46. The zero-order valence-corrected chi connectivity index (χ0v) is 14.2. The number of furan rings is 1. The molecule has 4 rings (SSSR count). The summed E-state index contributed by atoms with van der Waals surface area (Å²) in [5, 5.41) is 2.87. The first-order valence-electron chi connectivity index (χ1n) is 8.28. The van der Waals surface area contributed by atoms with Gasteiger partial charge in [0.05, 0.1) is 6.26 Å². The van der Waals surface area contributed by atoms with Crippen molar-refractivity contribution in [2.24, 2.45) is 0 Å². The van der Waals surface area contributed by atoms with Crippen molar-refractivity contribution in [2.45, 2.75) is 13.3 Å². The zero-order valence-electron chi connectivity index (χ0n) is 14.2. The van der Waals surface area contributed by atoms with E-state index in [1.165, 1.54) is 0 Å². The normalized spacial score (nSPS) is 11.0. The van der Waals surface area contributed by atoms with Crippen molar-refractivity contribution in [3.8, 4) is 11.3 Å². The van der Waals surface area contributed by atoms with E-state index in [0.717, 1.165) is 22.7 Å². The van der Waals surface area contributed by atoms with Crippen molar-refractivity contribution < 1.29 is 9.21 Å².